The Balaban J connectivity index is 2.13. The molecule has 0 saturated heterocycles. The van der Waals surface area contributed by atoms with Crippen molar-refractivity contribution in [3.8, 4) is 5.75 Å². The summed E-state index contributed by atoms with van der Waals surface area (Å²) in [6.07, 6.45) is 1.16. The van der Waals surface area contributed by atoms with Gasteiger partial charge in [-0.1, -0.05) is 29.4 Å². The summed E-state index contributed by atoms with van der Waals surface area (Å²) in [6.45, 7) is 0.133. The zero-order valence-corrected chi connectivity index (χ0v) is 14.3. The number of aliphatic hydroxyl groups is 1. The summed E-state index contributed by atoms with van der Waals surface area (Å²) in [6, 6.07) is 13.4. The van der Waals surface area contributed by atoms with E-state index in [0.29, 0.717) is 17.0 Å². The summed E-state index contributed by atoms with van der Waals surface area (Å²) in [5.74, 6) is 0.628. The standard InChI is InChI=1S/C17H19NO5S/c1-22-18-17(12-23-15-7-3-13(11-19)4-8-15)14-5-9-16(10-6-14)24(2,20)21/h3-10,19H,11-12H2,1-2H3/b18-17+. The second kappa shape index (κ2) is 7.94. The third-order valence-corrected chi connectivity index (χ3v) is 4.43. The zero-order valence-electron chi connectivity index (χ0n) is 13.5. The minimum absolute atomic E-state index is 0.0245. The van der Waals surface area contributed by atoms with Crippen molar-refractivity contribution in [2.45, 2.75) is 11.5 Å². The lowest BCUT2D eigenvalue weighted by Gasteiger charge is -2.10. The van der Waals surface area contributed by atoms with E-state index in [4.69, 9.17) is 14.7 Å². The van der Waals surface area contributed by atoms with Crippen LogP contribution in [0.3, 0.4) is 0 Å². The number of ether oxygens (including phenoxy) is 1. The summed E-state index contributed by atoms with van der Waals surface area (Å²) in [7, 11) is -1.81. The second-order valence-electron chi connectivity index (χ2n) is 5.11. The van der Waals surface area contributed by atoms with Gasteiger partial charge in [-0.2, -0.15) is 0 Å². The summed E-state index contributed by atoms with van der Waals surface area (Å²) >= 11 is 0. The van der Waals surface area contributed by atoms with Crippen molar-refractivity contribution in [1.29, 1.82) is 0 Å². The molecule has 0 radical (unpaired) electrons. The molecule has 0 aliphatic heterocycles. The highest BCUT2D eigenvalue weighted by atomic mass is 32.2. The lowest BCUT2D eigenvalue weighted by molar-refractivity contribution is 0.210. The van der Waals surface area contributed by atoms with E-state index in [-0.39, 0.29) is 18.1 Å². The number of hydrogen-bond acceptors (Lipinski definition) is 6. The fourth-order valence-electron chi connectivity index (χ4n) is 2.01. The van der Waals surface area contributed by atoms with Gasteiger partial charge in [0.2, 0.25) is 0 Å². The molecular weight excluding hydrogens is 330 g/mol. The first-order chi connectivity index (χ1) is 11.4. The quantitative estimate of drug-likeness (QED) is 0.610. The van der Waals surface area contributed by atoms with Gasteiger partial charge in [0.25, 0.3) is 0 Å². The molecule has 2 aromatic rings. The van der Waals surface area contributed by atoms with Crippen molar-refractivity contribution < 1.29 is 23.1 Å². The third-order valence-electron chi connectivity index (χ3n) is 3.30. The molecule has 0 atom stereocenters. The van der Waals surface area contributed by atoms with Crippen LogP contribution < -0.4 is 4.74 Å². The lowest BCUT2D eigenvalue weighted by atomic mass is 10.1. The van der Waals surface area contributed by atoms with E-state index in [2.05, 4.69) is 5.16 Å². The van der Waals surface area contributed by atoms with Crippen molar-refractivity contribution in [2.75, 3.05) is 20.0 Å². The molecule has 0 fully saturated rings. The predicted octanol–water partition coefficient (Wildman–Crippen LogP) is 2.01. The van der Waals surface area contributed by atoms with Crippen LogP contribution >= 0.6 is 0 Å². The van der Waals surface area contributed by atoms with Crippen molar-refractivity contribution in [3.05, 3.63) is 59.7 Å². The van der Waals surface area contributed by atoms with E-state index in [9.17, 15) is 8.42 Å². The molecule has 2 aromatic carbocycles. The Hall–Kier alpha value is -2.38. The van der Waals surface area contributed by atoms with Crippen LogP contribution in [0.4, 0.5) is 0 Å². The Morgan fingerprint density at radius 3 is 2.21 bits per heavy atom. The fourth-order valence-corrected chi connectivity index (χ4v) is 2.64. The van der Waals surface area contributed by atoms with Crippen LogP contribution in [0.2, 0.25) is 0 Å². The molecule has 7 heteroatoms. The zero-order chi connectivity index (χ0) is 17.6. The average Bonchev–Trinajstić information content (AvgIpc) is 2.58. The molecule has 0 aliphatic carbocycles. The topological polar surface area (TPSA) is 85.2 Å². The molecule has 0 spiro atoms. The van der Waals surface area contributed by atoms with Crippen molar-refractivity contribution in [1.82, 2.24) is 0 Å². The van der Waals surface area contributed by atoms with Gasteiger partial charge in [0.05, 0.1) is 11.5 Å². The molecule has 1 N–H and O–H groups in total. The minimum atomic E-state index is -3.24. The highest BCUT2D eigenvalue weighted by Gasteiger charge is 2.10. The van der Waals surface area contributed by atoms with E-state index in [0.717, 1.165) is 11.8 Å². The molecule has 0 aromatic heterocycles. The minimum Gasteiger partial charge on any atom is -0.487 e. The molecule has 0 bridgehead atoms. The molecule has 0 unspecified atom stereocenters. The Morgan fingerprint density at radius 1 is 1.08 bits per heavy atom. The summed E-state index contributed by atoms with van der Waals surface area (Å²) in [5.41, 5.74) is 2.03. The monoisotopic (exact) mass is 349 g/mol. The fraction of sp³-hybridized carbons (Fsp3) is 0.235. The number of oxime groups is 1. The van der Waals surface area contributed by atoms with Gasteiger partial charge in [0.15, 0.2) is 9.84 Å². The number of aliphatic hydroxyl groups excluding tert-OH is 1. The van der Waals surface area contributed by atoms with Crippen molar-refractivity contribution >= 4 is 15.5 Å². The van der Waals surface area contributed by atoms with Crippen LogP contribution in [0.25, 0.3) is 0 Å². The Bertz CT molecular complexity index is 796. The van der Waals surface area contributed by atoms with Crippen LogP contribution in [0.5, 0.6) is 5.75 Å². The molecule has 0 aliphatic rings. The third kappa shape index (κ3) is 4.81. The van der Waals surface area contributed by atoms with Crippen LogP contribution in [0.1, 0.15) is 11.1 Å². The Labute approximate surface area is 141 Å². The highest BCUT2D eigenvalue weighted by Crippen LogP contribution is 2.15. The van der Waals surface area contributed by atoms with E-state index < -0.39 is 9.84 Å². The highest BCUT2D eigenvalue weighted by molar-refractivity contribution is 7.90. The number of hydrogen-bond donors (Lipinski definition) is 1. The first-order valence-electron chi connectivity index (χ1n) is 7.17. The molecule has 0 amide bonds. The number of sulfone groups is 1. The second-order valence-corrected chi connectivity index (χ2v) is 7.12. The summed E-state index contributed by atoms with van der Waals surface area (Å²) in [4.78, 5) is 5.08. The van der Waals surface area contributed by atoms with Crippen LogP contribution in [-0.2, 0) is 21.3 Å². The van der Waals surface area contributed by atoms with Crippen LogP contribution in [0.15, 0.2) is 58.6 Å². The number of benzene rings is 2. The Morgan fingerprint density at radius 2 is 1.71 bits per heavy atom. The van der Waals surface area contributed by atoms with Gasteiger partial charge >= 0.3 is 0 Å². The summed E-state index contributed by atoms with van der Waals surface area (Å²) in [5, 5.41) is 13.0. The largest absolute Gasteiger partial charge is 0.487 e. The number of rotatable bonds is 7. The first kappa shape index (κ1) is 18.0. The molecule has 2 rings (SSSR count). The van der Waals surface area contributed by atoms with Gasteiger partial charge in [0.1, 0.15) is 25.2 Å². The van der Waals surface area contributed by atoms with Gasteiger partial charge in [-0.3, -0.25) is 0 Å². The van der Waals surface area contributed by atoms with Crippen molar-refractivity contribution in [2.24, 2.45) is 5.16 Å². The van der Waals surface area contributed by atoms with Gasteiger partial charge in [-0.25, -0.2) is 8.42 Å². The van der Waals surface area contributed by atoms with Gasteiger partial charge < -0.3 is 14.7 Å². The molecule has 24 heavy (non-hydrogen) atoms. The number of nitrogens with zero attached hydrogens (tertiary/aromatic N) is 1. The smallest absolute Gasteiger partial charge is 0.175 e. The van der Waals surface area contributed by atoms with Gasteiger partial charge in [-0.15, -0.1) is 0 Å². The average molecular weight is 349 g/mol. The van der Waals surface area contributed by atoms with Gasteiger partial charge in [0, 0.05) is 11.8 Å². The molecule has 6 nitrogen and oxygen atoms in total. The molecular formula is C17H19NO5S. The molecule has 0 heterocycles. The maximum Gasteiger partial charge on any atom is 0.175 e. The normalized spacial score (nSPS) is 12.0. The summed E-state index contributed by atoms with van der Waals surface area (Å²) < 4.78 is 28.7. The molecule has 128 valence electrons. The van der Waals surface area contributed by atoms with Crippen LogP contribution in [-0.4, -0.2) is 39.2 Å². The Kier molecular flexibility index (Phi) is 5.94. The predicted molar refractivity (Wildman–Crippen MR) is 91.0 cm³/mol. The van der Waals surface area contributed by atoms with E-state index in [1.54, 1.807) is 36.4 Å². The SMILES string of the molecule is CO/N=C(\COc1ccc(CO)cc1)c1ccc(S(C)(=O)=O)cc1. The maximum absolute atomic E-state index is 11.5. The van der Waals surface area contributed by atoms with E-state index >= 15 is 0 Å². The lowest BCUT2D eigenvalue weighted by Crippen LogP contribution is -2.14. The molecule has 0 saturated carbocycles. The van der Waals surface area contributed by atoms with Crippen LogP contribution in [0, 0.1) is 0 Å². The first-order valence-corrected chi connectivity index (χ1v) is 9.06. The van der Waals surface area contributed by atoms with E-state index in [1.807, 2.05) is 0 Å². The van der Waals surface area contributed by atoms with Gasteiger partial charge in [-0.05, 0) is 29.8 Å². The van der Waals surface area contributed by atoms with E-state index in [1.165, 1.54) is 19.2 Å². The maximum atomic E-state index is 11.5. The van der Waals surface area contributed by atoms with Crippen molar-refractivity contribution in [3.63, 3.8) is 0 Å².